The molecule has 3 rings (SSSR count). The highest BCUT2D eigenvalue weighted by Crippen LogP contribution is 2.32. The highest BCUT2D eigenvalue weighted by Gasteiger charge is 2.21. The Morgan fingerprint density at radius 3 is 2.91 bits per heavy atom. The van der Waals surface area contributed by atoms with Gasteiger partial charge in [-0.2, -0.15) is 0 Å². The van der Waals surface area contributed by atoms with Crippen LogP contribution in [0.15, 0.2) is 30.6 Å². The summed E-state index contributed by atoms with van der Waals surface area (Å²) in [5.74, 6) is 3.15. The van der Waals surface area contributed by atoms with Crippen LogP contribution in [0.5, 0.6) is 11.5 Å². The number of nitrogens with zero attached hydrogens (tertiary/aromatic N) is 3. The topological polar surface area (TPSA) is 47.5 Å². The molecule has 2 heterocycles. The van der Waals surface area contributed by atoms with Gasteiger partial charge in [0.1, 0.15) is 23.6 Å². The normalized spacial score (nSPS) is 16.6. The molecule has 0 bridgehead atoms. The van der Waals surface area contributed by atoms with Crippen molar-refractivity contribution in [2.75, 3.05) is 32.7 Å². The lowest BCUT2D eigenvalue weighted by atomic mass is 9.92. The zero-order chi connectivity index (χ0) is 15.5. The Morgan fingerprint density at radius 2 is 2.14 bits per heavy atom. The lowest BCUT2D eigenvalue weighted by Gasteiger charge is -2.25. The molecular weight excluding hydrogens is 278 g/mol. The first-order valence-electron chi connectivity index (χ1n) is 7.43. The Hall–Kier alpha value is -2.30. The Morgan fingerprint density at radius 1 is 1.27 bits per heavy atom. The van der Waals surface area contributed by atoms with Gasteiger partial charge in [0.05, 0.1) is 13.7 Å². The smallest absolute Gasteiger partial charge is 0.131 e. The number of hydrogen-bond acceptors (Lipinski definition) is 5. The molecule has 5 heteroatoms. The van der Waals surface area contributed by atoms with Gasteiger partial charge in [0.15, 0.2) is 0 Å². The highest BCUT2D eigenvalue weighted by molar-refractivity contribution is 5.42. The number of hydrogen-bond donors (Lipinski definition) is 0. The van der Waals surface area contributed by atoms with Crippen molar-refractivity contribution in [1.29, 1.82) is 0 Å². The van der Waals surface area contributed by atoms with Crippen molar-refractivity contribution < 1.29 is 9.47 Å². The molecule has 0 radical (unpaired) electrons. The van der Waals surface area contributed by atoms with Gasteiger partial charge in [-0.1, -0.05) is 6.07 Å². The average molecular weight is 299 g/mol. The van der Waals surface area contributed by atoms with Crippen molar-refractivity contribution >= 4 is 5.82 Å². The molecule has 1 atom stereocenters. The highest BCUT2D eigenvalue weighted by atomic mass is 16.5. The standard InChI is InChI=1S/C17H21N3O2/c1-20(2)17-8-14(18-11-19-17)7-12-6-13-4-5-15(21-3)9-16(13)22-10-12/h4-5,8-9,11-12H,6-7,10H2,1-3H3/t12-/m0/s1. The zero-order valence-corrected chi connectivity index (χ0v) is 13.2. The minimum Gasteiger partial charge on any atom is -0.497 e. The number of fused-ring (bicyclic) bond motifs is 1. The molecule has 0 unspecified atom stereocenters. The second-order valence-corrected chi connectivity index (χ2v) is 5.82. The predicted molar refractivity (Wildman–Crippen MR) is 85.7 cm³/mol. The van der Waals surface area contributed by atoms with Crippen LogP contribution in [0, 0.1) is 5.92 Å². The summed E-state index contributed by atoms with van der Waals surface area (Å²) in [7, 11) is 5.64. The van der Waals surface area contributed by atoms with Gasteiger partial charge < -0.3 is 14.4 Å². The lowest BCUT2D eigenvalue weighted by molar-refractivity contribution is 0.219. The van der Waals surface area contributed by atoms with Gasteiger partial charge in [0, 0.05) is 37.8 Å². The zero-order valence-electron chi connectivity index (χ0n) is 13.2. The predicted octanol–water partition coefficient (Wildman–Crippen LogP) is 2.34. The number of aromatic nitrogens is 2. The van der Waals surface area contributed by atoms with Crippen LogP contribution in [0.4, 0.5) is 5.82 Å². The fraction of sp³-hybridized carbons (Fsp3) is 0.412. The maximum Gasteiger partial charge on any atom is 0.131 e. The molecule has 1 aromatic heterocycles. The summed E-state index contributed by atoms with van der Waals surface area (Å²) >= 11 is 0. The number of methoxy groups -OCH3 is 1. The molecule has 22 heavy (non-hydrogen) atoms. The van der Waals surface area contributed by atoms with Crippen molar-refractivity contribution in [3.8, 4) is 11.5 Å². The third-order valence-corrected chi connectivity index (χ3v) is 3.92. The van der Waals surface area contributed by atoms with Crippen LogP contribution in [0.3, 0.4) is 0 Å². The molecule has 0 N–H and O–H groups in total. The van der Waals surface area contributed by atoms with Crippen LogP contribution >= 0.6 is 0 Å². The fourth-order valence-electron chi connectivity index (χ4n) is 2.71. The van der Waals surface area contributed by atoms with Gasteiger partial charge >= 0.3 is 0 Å². The van der Waals surface area contributed by atoms with E-state index in [1.165, 1.54) is 5.56 Å². The molecule has 2 aromatic rings. The molecule has 0 amide bonds. The summed E-state index contributed by atoms with van der Waals surface area (Å²) in [4.78, 5) is 10.6. The van der Waals surface area contributed by atoms with Crippen molar-refractivity contribution in [3.63, 3.8) is 0 Å². The van der Waals surface area contributed by atoms with Gasteiger partial charge in [-0.15, -0.1) is 0 Å². The van der Waals surface area contributed by atoms with E-state index in [-0.39, 0.29) is 0 Å². The molecule has 0 spiro atoms. The third-order valence-electron chi connectivity index (χ3n) is 3.92. The maximum atomic E-state index is 5.89. The minimum absolute atomic E-state index is 0.436. The summed E-state index contributed by atoms with van der Waals surface area (Å²) in [6.45, 7) is 0.710. The Kier molecular flexibility index (Phi) is 4.13. The first kappa shape index (κ1) is 14.6. The van der Waals surface area contributed by atoms with E-state index < -0.39 is 0 Å². The fourth-order valence-corrected chi connectivity index (χ4v) is 2.71. The Labute approximate surface area is 130 Å². The molecular formula is C17H21N3O2. The third kappa shape index (κ3) is 3.13. The molecule has 1 aromatic carbocycles. The minimum atomic E-state index is 0.436. The first-order chi connectivity index (χ1) is 10.7. The van der Waals surface area contributed by atoms with E-state index in [1.807, 2.05) is 37.2 Å². The molecule has 5 nitrogen and oxygen atoms in total. The van der Waals surface area contributed by atoms with Gasteiger partial charge in [-0.25, -0.2) is 9.97 Å². The SMILES string of the molecule is COc1ccc2c(c1)OC[C@H](Cc1cc(N(C)C)ncn1)C2. The van der Waals surface area contributed by atoms with E-state index in [0.29, 0.717) is 12.5 Å². The van der Waals surface area contributed by atoms with Crippen molar-refractivity contribution in [2.24, 2.45) is 5.92 Å². The van der Waals surface area contributed by atoms with Crippen LogP contribution in [0.1, 0.15) is 11.3 Å². The van der Waals surface area contributed by atoms with Crippen LogP contribution in [0.25, 0.3) is 0 Å². The van der Waals surface area contributed by atoms with E-state index in [0.717, 1.165) is 35.9 Å². The van der Waals surface area contributed by atoms with Crippen LogP contribution in [-0.2, 0) is 12.8 Å². The molecule has 116 valence electrons. The molecule has 0 saturated heterocycles. The van der Waals surface area contributed by atoms with Gasteiger partial charge in [-0.3, -0.25) is 0 Å². The average Bonchev–Trinajstić information content (AvgIpc) is 2.54. The summed E-state index contributed by atoms with van der Waals surface area (Å²) in [5.41, 5.74) is 2.29. The van der Waals surface area contributed by atoms with E-state index in [4.69, 9.17) is 9.47 Å². The van der Waals surface area contributed by atoms with E-state index >= 15 is 0 Å². The van der Waals surface area contributed by atoms with Crippen molar-refractivity contribution in [1.82, 2.24) is 9.97 Å². The lowest BCUT2D eigenvalue weighted by Crippen LogP contribution is -2.23. The van der Waals surface area contributed by atoms with E-state index in [9.17, 15) is 0 Å². The number of ether oxygens (including phenoxy) is 2. The molecule has 1 aliphatic heterocycles. The Bertz CT molecular complexity index is 658. The largest absolute Gasteiger partial charge is 0.497 e. The summed E-state index contributed by atoms with van der Waals surface area (Å²) < 4.78 is 11.1. The van der Waals surface area contributed by atoms with Gasteiger partial charge in [0.2, 0.25) is 0 Å². The monoisotopic (exact) mass is 299 g/mol. The number of anilines is 1. The molecule has 0 aliphatic carbocycles. The van der Waals surface area contributed by atoms with Crippen LogP contribution in [0.2, 0.25) is 0 Å². The van der Waals surface area contributed by atoms with Crippen LogP contribution in [-0.4, -0.2) is 37.8 Å². The summed E-state index contributed by atoms with van der Waals surface area (Å²) in [6.07, 6.45) is 3.53. The molecule has 0 saturated carbocycles. The summed E-state index contributed by atoms with van der Waals surface area (Å²) in [6, 6.07) is 8.08. The number of benzene rings is 1. The van der Waals surface area contributed by atoms with Crippen molar-refractivity contribution in [3.05, 3.63) is 41.9 Å². The summed E-state index contributed by atoms with van der Waals surface area (Å²) in [5, 5.41) is 0. The number of rotatable bonds is 4. The van der Waals surface area contributed by atoms with Gasteiger partial charge in [0.25, 0.3) is 0 Å². The quantitative estimate of drug-likeness (QED) is 0.867. The maximum absolute atomic E-state index is 5.89. The van der Waals surface area contributed by atoms with Gasteiger partial charge in [-0.05, 0) is 24.5 Å². The second-order valence-electron chi connectivity index (χ2n) is 5.82. The Balaban J connectivity index is 1.71. The van der Waals surface area contributed by atoms with Crippen molar-refractivity contribution in [2.45, 2.75) is 12.8 Å². The van der Waals surface area contributed by atoms with E-state index in [2.05, 4.69) is 16.0 Å². The molecule has 0 fully saturated rings. The van der Waals surface area contributed by atoms with Crippen LogP contribution < -0.4 is 14.4 Å². The molecule has 1 aliphatic rings. The second kappa shape index (κ2) is 6.22. The van der Waals surface area contributed by atoms with E-state index in [1.54, 1.807) is 13.4 Å². The first-order valence-corrected chi connectivity index (χ1v) is 7.43.